The molecule has 7 heteroatoms. The molecule has 3 heterocycles. The van der Waals surface area contributed by atoms with Crippen LogP contribution in [0, 0.1) is 11.8 Å². The topological polar surface area (TPSA) is 87.3 Å². The van der Waals surface area contributed by atoms with Gasteiger partial charge in [-0.1, -0.05) is 19.3 Å². The lowest BCUT2D eigenvalue weighted by molar-refractivity contribution is 0.156. The van der Waals surface area contributed by atoms with E-state index in [4.69, 9.17) is 0 Å². The van der Waals surface area contributed by atoms with Crippen LogP contribution < -0.4 is 4.90 Å². The quantitative estimate of drug-likeness (QED) is 0.880. The molecule has 2 unspecified atom stereocenters. The Morgan fingerprint density at radius 3 is 2.38 bits per heavy atom. The molecule has 130 valence electrons. The van der Waals surface area contributed by atoms with Crippen molar-refractivity contribution in [1.82, 2.24) is 19.5 Å². The normalized spacial score (nSPS) is 24.5. The molecular weight excluding hydrogens is 306 g/mol. The summed E-state index contributed by atoms with van der Waals surface area (Å²) in [6, 6.07) is -0.414. The first-order chi connectivity index (χ1) is 11.8. The van der Waals surface area contributed by atoms with Crippen molar-refractivity contribution in [2.75, 3.05) is 31.2 Å². The number of rotatable bonds is 4. The Kier molecular flexibility index (Phi) is 4.37. The van der Waals surface area contributed by atoms with E-state index in [0.29, 0.717) is 5.65 Å². The summed E-state index contributed by atoms with van der Waals surface area (Å²) in [6.07, 6.45) is 9.92. The van der Waals surface area contributed by atoms with E-state index < -0.39 is 6.04 Å². The van der Waals surface area contributed by atoms with Gasteiger partial charge < -0.3 is 19.7 Å². The first-order valence-corrected chi connectivity index (χ1v) is 8.96. The van der Waals surface area contributed by atoms with E-state index in [1.165, 1.54) is 32.1 Å². The van der Waals surface area contributed by atoms with E-state index in [1.807, 2.05) is 0 Å². The van der Waals surface area contributed by atoms with Crippen LogP contribution in [0.1, 0.15) is 38.1 Å². The molecule has 2 fully saturated rings. The third-order valence-corrected chi connectivity index (χ3v) is 5.68. The molecule has 2 atom stereocenters. The second kappa shape index (κ2) is 6.64. The molecule has 2 aromatic rings. The van der Waals surface area contributed by atoms with Crippen LogP contribution in [0.5, 0.6) is 0 Å². The highest BCUT2D eigenvalue weighted by atomic mass is 16.3. The van der Waals surface area contributed by atoms with Crippen molar-refractivity contribution in [1.29, 1.82) is 0 Å². The van der Waals surface area contributed by atoms with E-state index in [2.05, 4.69) is 19.9 Å². The summed E-state index contributed by atoms with van der Waals surface area (Å²) in [7, 11) is 0. The highest BCUT2D eigenvalue weighted by Crippen LogP contribution is 2.37. The van der Waals surface area contributed by atoms with Crippen LogP contribution in [0.25, 0.3) is 11.2 Å². The van der Waals surface area contributed by atoms with Gasteiger partial charge in [-0.25, -0.2) is 15.0 Å². The van der Waals surface area contributed by atoms with Gasteiger partial charge >= 0.3 is 0 Å². The van der Waals surface area contributed by atoms with Gasteiger partial charge in [-0.3, -0.25) is 0 Å². The first-order valence-electron chi connectivity index (χ1n) is 8.96. The Hall–Kier alpha value is -1.73. The molecule has 24 heavy (non-hydrogen) atoms. The average Bonchev–Trinajstić information content (AvgIpc) is 3.15. The largest absolute Gasteiger partial charge is 0.394 e. The fourth-order valence-electron chi connectivity index (χ4n) is 4.33. The zero-order valence-electron chi connectivity index (χ0n) is 13.9. The van der Waals surface area contributed by atoms with Crippen LogP contribution in [0.2, 0.25) is 0 Å². The molecule has 4 rings (SSSR count). The summed E-state index contributed by atoms with van der Waals surface area (Å²) in [6.45, 7) is 1.81. The predicted molar refractivity (Wildman–Crippen MR) is 90.8 cm³/mol. The summed E-state index contributed by atoms with van der Waals surface area (Å²) >= 11 is 0. The van der Waals surface area contributed by atoms with E-state index in [9.17, 15) is 10.2 Å². The van der Waals surface area contributed by atoms with Crippen molar-refractivity contribution in [3.63, 3.8) is 0 Å². The van der Waals surface area contributed by atoms with Crippen LogP contribution in [-0.4, -0.2) is 56.0 Å². The van der Waals surface area contributed by atoms with E-state index in [-0.39, 0.29) is 13.2 Å². The Morgan fingerprint density at radius 1 is 1.00 bits per heavy atom. The number of aliphatic hydroxyl groups excluding tert-OH is 2. The number of fused-ring (bicyclic) bond motifs is 2. The van der Waals surface area contributed by atoms with Crippen LogP contribution in [-0.2, 0) is 0 Å². The van der Waals surface area contributed by atoms with Crippen LogP contribution in [0.15, 0.2) is 12.7 Å². The summed E-state index contributed by atoms with van der Waals surface area (Å²) in [5.41, 5.74) is 1.45. The van der Waals surface area contributed by atoms with Gasteiger partial charge in [0.25, 0.3) is 0 Å². The Labute approximate surface area is 141 Å². The Balaban J connectivity index is 1.65. The standard InChI is InChI=1S/C17H25N5O2/c23-8-14(9-24)22-11-20-15-16(18-10-19-17(15)22)21-6-12-4-2-1-3-5-13(12)7-21/h10-14,23-24H,1-9H2. The third-order valence-electron chi connectivity index (χ3n) is 5.68. The SMILES string of the molecule is OCC(CO)n1cnc2c(N3CC4CCCCCC4C3)ncnc21. The minimum atomic E-state index is -0.414. The molecule has 0 radical (unpaired) electrons. The zero-order valence-corrected chi connectivity index (χ0v) is 13.9. The number of anilines is 1. The van der Waals surface area contributed by atoms with Gasteiger partial charge in [0.1, 0.15) is 6.33 Å². The molecule has 2 N–H and O–H groups in total. The molecular formula is C17H25N5O2. The van der Waals surface area contributed by atoms with Crippen LogP contribution in [0.3, 0.4) is 0 Å². The molecule has 1 saturated heterocycles. The minimum absolute atomic E-state index is 0.144. The predicted octanol–water partition coefficient (Wildman–Crippen LogP) is 1.37. The monoisotopic (exact) mass is 331 g/mol. The molecule has 1 saturated carbocycles. The Morgan fingerprint density at radius 2 is 1.71 bits per heavy atom. The molecule has 2 aliphatic rings. The smallest absolute Gasteiger partial charge is 0.165 e. The van der Waals surface area contributed by atoms with Gasteiger partial charge in [0.2, 0.25) is 0 Å². The second-order valence-electron chi connectivity index (χ2n) is 7.10. The maximum atomic E-state index is 9.44. The fourth-order valence-corrected chi connectivity index (χ4v) is 4.33. The van der Waals surface area contributed by atoms with Gasteiger partial charge in [-0.05, 0) is 24.7 Å². The minimum Gasteiger partial charge on any atom is -0.394 e. The lowest BCUT2D eigenvalue weighted by atomic mass is 9.92. The third kappa shape index (κ3) is 2.65. The summed E-state index contributed by atoms with van der Waals surface area (Å²) in [4.78, 5) is 15.7. The number of nitrogens with zero attached hydrogens (tertiary/aromatic N) is 5. The summed E-state index contributed by atoms with van der Waals surface area (Å²) in [5, 5.41) is 18.9. The van der Waals surface area contributed by atoms with Crippen LogP contribution in [0.4, 0.5) is 5.82 Å². The molecule has 0 aromatic carbocycles. The van der Waals surface area contributed by atoms with E-state index >= 15 is 0 Å². The molecule has 1 aliphatic heterocycles. The van der Waals surface area contributed by atoms with Gasteiger partial charge in [-0.2, -0.15) is 0 Å². The molecule has 2 aromatic heterocycles. The fraction of sp³-hybridized carbons (Fsp3) is 0.706. The number of hydrogen-bond acceptors (Lipinski definition) is 6. The van der Waals surface area contributed by atoms with Crippen molar-refractivity contribution >= 4 is 17.0 Å². The van der Waals surface area contributed by atoms with Gasteiger partial charge in [0, 0.05) is 13.1 Å². The molecule has 0 amide bonds. The molecule has 1 aliphatic carbocycles. The number of imidazole rings is 1. The molecule has 7 nitrogen and oxygen atoms in total. The lowest BCUT2D eigenvalue weighted by Gasteiger charge is -2.18. The molecule has 0 bridgehead atoms. The first kappa shape index (κ1) is 15.8. The van der Waals surface area contributed by atoms with Gasteiger partial charge in [-0.15, -0.1) is 0 Å². The van der Waals surface area contributed by atoms with Crippen molar-refractivity contribution in [2.45, 2.75) is 38.1 Å². The van der Waals surface area contributed by atoms with Crippen molar-refractivity contribution in [2.24, 2.45) is 11.8 Å². The van der Waals surface area contributed by atoms with Crippen molar-refractivity contribution in [3.05, 3.63) is 12.7 Å². The van der Waals surface area contributed by atoms with Gasteiger partial charge in [0.15, 0.2) is 17.0 Å². The number of hydrogen-bond donors (Lipinski definition) is 2. The van der Waals surface area contributed by atoms with Crippen molar-refractivity contribution in [3.8, 4) is 0 Å². The van der Waals surface area contributed by atoms with Crippen molar-refractivity contribution < 1.29 is 10.2 Å². The van der Waals surface area contributed by atoms with Gasteiger partial charge in [0.05, 0.1) is 25.6 Å². The molecule has 0 spiro atoms. The lowest BCUT2D eigenvalue weighted by Crippen LogP contribution is -2.22. The number of aliphatic hydroxyl groups is 2. The zero-order chi connectivity index (χ0) is 16.5. The Bertz CT molecular complexity index is 685. The van der Waals surface area contributed by atoms with E-state index in [1.54, 1.807) is 17.2 Å². The summed E-state index contributed by atoms with van der Waals surface area (Å²) in [5.74, 6) is 2.42. The number of aromatic nitrogens is 4. The highest BCUT2D eigenvalue weighted by Gasteiger charge is 2.35. The summed E-state index contributed by atoms with van der Waals surface area (Å²) < 4.78 is 1.74. The second-order valence-corrected chi connectivity index (χ2v) is 7.10. The maximum absolute atomic E-state index is 9.44. The van der Waals surface area contributed by atoms with E-state index in [0.717, 1.165) is 36.3 Å². The van der Waals surface area contributed by atoms with Crippen LogP contribution >= 0.6 is 0 Å². The average molecular weight is 331 g/mol. The maximum Gasteiger partial charge on any atom is 0.165 e. The highest BCUT2D eigenvalue weighted by molar-refractivity contribution is 5.83.